The van der Waals surface area contributed by atoms with Gasteiger partial charge in [0.25, 0.3) is 0 Å². The summed E-state index contributed by atoms with van der Waals surface area (Å²) in [6.45, 7) is -0.233. The van der Waals surface area contributed by atoms with Crippen molar-refractivity contribution < 1.29 is 27.9 Å². The molecule has 21 heavy (non-hydrogen) atoms. The number of carbonyl (C=O) groups excluding carboxylic acids is 1. The van der Waals surface area contributed by atoms with Crippen molar-refractivity contribution in [1.82, 2.24) is 0 Å². The number of amides is 1. The lowest BCUT2D eigenvalue weighted by Crippen LogP contribution is -2.22. The van der Waals surface area contributed by atoms with E-state index < -0.39 is 21.7 Å². The van der Waals surface area contributed by atoms with Crippen LogP contribution in [-0.4, -0.2) is 43.5 Å². The van der Waals surface area contributed by atoms with Gasteiger partial charge in [-0.2, -0.15) is 0 Å². The maximum absolute atomic E-state index is 11.6. The molecule has 1 rings (SSSR count). The number of rotatable bonds is 8. The molecule has 0 radical (unpaired) electrons. The van der Waals surface area contributed by atoms with Gasteiger partial charge in [0.1, 0.15) is 17.9 Å². The SMILES string of the molecule is NC(=O)CCS(=O)(=O)CCOc1ccc(Cl)cc1C(=O)O. The van der Waals surface area contributed by atoms with Crippen molar-refractivity contribution in [3.05, 3.63) is 28.8 Å². The number of carboxylic acid groups (broad SMARTS) is 1. The maximum Gasteiger partial charge on any atom is 0.339 e. The average molecular weight is 336 g/mol. The van der Waals surface area contributed by atoms with Crippen molar-refractivity contribution in [2.75, 3.05) is 18.1 Å². The monoisotopic (exact) mass is 335 g/mol. The van der Waals surface area contributed by atoms with Gasteiger partial charge in [-0.1, -0.05) is 11.6 Å². The lowest BCUT2D eigenvalue weighted by Gasteiger charge is -2.09. The quantitative estimate of drug-likeness (QED) is 0.721. The van der Waals surface area contributed by atoms with Gasteiger partial charge in [-0.05, 0) is 18.2 Å². The number of ether oxygens (including phenoxy) is 1. The number of sulfone groups is 1. The summed E-state index contributed by atoms with van der Waals surface area (Å²) in [5.41, 5.74) is 4.72. The van der Waals surface area contributed by atoms with Gasteiger partial charge in [0.05, 0.1) is 11.5 Å². The predicted molar refractivity (Wildman–Crippen MR) is 76.4 cm³/mol. The third-order valence-electron chi connectivity index (χ3n) is 2.48. The highest BCUT2D eigenvalue weighted by molar-refractivity contribution is 7.91. The predicted octanol–water partition coefficient (Wildman–Crippen LogP) is 0.707. The van der Waals surface area contributed by atoms with Crippen LogP contribution in [0.3, 0.4) is 0 Å². The van der Waals surface area contributed by atoms with Crippen molar-refractivity contribution in [2.24, 2.45) is 5.73 Å². The molecule has 9 heteroatoms. The smallest absolute Gasteiger partial charge is 0.339 e. The van der Waals surface area contributed by atoms with Crippen LogP contribution >= 0.6 is 11.6 Å². The molecule has 0 aliphatic heterocycles. The molecule has 0 aliphatic rings. The van der Waals surface area contributed by atoms with E-state index in [1.807, 2.05) is 0 Å². The number of carbonyl (C=O) groups is 2. The van der Waals surface area contributed by atoms with Crippen LogP contribution in [0.15, 0.2) is 18.2 Å². The molecular formula is C12H14ClNO6S. The first-order valence-electron chi connectivity index (χ1n) is 5.85. The number of halogens is 1. The highest BCUT2D eigenvalue weighted by atomic mass is 35.5. The number of benzene rings is 1. The lowest BCUT2D eigenvalue weighted by atomic mass is 10.2. The first-order chi connectivity index (χ1) is 9.71. The zero-order chi connectivity index (χ0) is 16.0. The van der Waals surface area contributed by atoms with Gasteiger partial charge < -0.3 is 15.6 Å². The minimum atomic E-state index is -3.49. The number of primary amides is 1. The Labute approximate surface area is 126 Å². The van der Waals surface area contributed by atoms with Crippen LogP contribution < -0.4 is 10.5 Å². The molecule has 0 unspecified atom stereocenters. The fraction of sp³-hybridized carbons (Fsp3) is 0.333. The highest BCUT2D eigenvalue weighted by Gasteiger charge is 2.15. The Morgan fingerprint density at radius 3 is 2.52 bits per heavy atom. The summed E-state index contributed by atoms with van der Waals surface area (Å²) < 4.78 is 28.3. The molecule has 3 N–H and O–H groups in total. The van der Waals surface area contributed by atoms with E-state index in [1.54, 1.807) is 0 Å². The number of hydrogen-bond acceptors (Lipinski definition) is 5. The van der Waals surface area contributed by atoms with E-state index in [1.165, 1.54) is 18.2 Å². The van der Waals surface area contributed by atoms with Crippen LogP contribution in [-0.2, 0) is 14.6 Å². The second-order valence-electron chi connectivity index (χ2n) is 4.16. The van der Waals surface area contributed by atoms with Gasteiger partial charge in [-0.25, -0.2) is 13.2 Å². The second kappa shape index (κ2) is 7.28. The summed E-state index contributed by atoms with van der Waals surface area (Å²) in [6.07, 6.45) is -0.260. The fourth-order valence-corrected chi connectivity index (χ4v) is 2.66. The summed E-state index contributed by atoms with van der Waals surface area (Å²) in [5, 5.41) is 9.22. The fourth-order valence-electron chi connectivity index (χ4n) is 1.43. The highest BCUT2D eigenvalue weighted by Crippen LogP contribution is 2.22. The molecule has 0 heterocycles. The van der Waals surface area contributed by atoms with E-state index in [0.29, 0.717) is 0 Å². The van der Waals surface area contributed by atoms with E-state index in [9.17, 15) is 18.0 Å². The first-order valence-corrected chi connectivity index (χ1v) is 8.05. The van der Waals surface area contributed by atoms with E-state index in [0.717, 1.165) is 0 Å². The zero-order valence-corrected chi connectivity index (χ0v) is 12.5. The Balaban J connectivity index is 2.64. The van der Waals surface area contributed by atoms with Crippen molar-refractivity contribution >= 4 is 33.3 Å². The summed E-state index contributed by atoms with van der Waals surface area (Å²) in [4.78, 5) is 21.5. The summed E-state index contributed by atoms with van der Waals surface area (Å²) in [7, 11) is -3.49. The van der Waals surface area contributed by atoms with Gasteiger partial charge in [-0.15, -0.1) is 0 Å². The molecule has 0 atom stereocenters. The minimum absolute atomic E-state index is 0.0250. The third kappa shape index (κ3) is 6.01. The summed E-state index contributed by atoms with van der Waals surface area (Å²) in [5.74, 6) is -2.62. The normalized spacial score (nSPS) is 11.1. The van der Waals surface area contributed by atoms with Gasteiger partial charge >= 0.3 is 5.97 Å². The largest absolute Gasteiger partial charge is 0.492 e. The number of carboxylic acids is 1. The molecule has 0 bridgehead atoms. The van der Waals surface area contributed by atoms with Crippen molar-refractivity contribution in [3.63, 3.8) is 0 Å². The lowest BCUT2D eigenvalue weighted by molar-refractivity contribution is -0.117. The molecule has 1 amide bonds. The van der Waals surface area contributed by atoms with Crippen LogP contribution in [0, 0.1) is 0 Å². The zero-order valence-electron chi connectivity index (χ0n) is 10.9. The molecule has 7 nitrogen and oxygen atoms in total. The van der Waals surface area contributed by atoms with E-state index in [2.05, 4.69) is 0 Å². The number of nitrogens with two attached hydrogens (primary N) is 1. The standard InChI is InChI=1S/C12H14ClNO6S/c13-8-1-2-10(9(7-8)12(16)17)20-4-6-21(18,19)5-3-11(14)15/h1-2,7H,3-6H2,(H2,14,15)(H,16,17). The van der Waals surface area contributed by atoms with Crippen molar-refractivity contribution in [2.45, 2.75) is 6.42 Å². The molecule has 0 saturated carbocycles. The Kier molecular flexibility index (Phi) is 5.98. The average Bonchev–Trinajstić information content (AvgIpc) is 2.38. The van der Waals surface area contributed by atoms with Crippen molar-refractivity contribution in [1.29, 1.82) is 0 Å². The molecular weight excluding hydrogens is 322 g/mol. The van der Waals surface area contributed by atoms with Crippen LogP contribution in [0.4, 0.5) is 0 Å². The van der Waals surface area contributed by atoms with Gasteiger partial charge in [-0.3, -0.25) is 4.79 Å². The Hall–Kier alpha value is -1.80. The van der Waals surface area contributed by atoms with Crippen molar-refractivity contribution in [3.8, 4) is 5.75 Å². The second-order valence-corrected chi connectivity index (χ2v) is 6.90. The topological polar surface area (TPSA) is 124 Å². The molecule has 0 fully saturated rings. The van der Waals surface area contributed by atoms with Crippen LogP contribution in [0.1, 0.15) is 16.8 Å². The third-order valence-corrected chi connectivity index (χ3v) is 4.33. The number of hydrogen-bond donors (Lipinski definition) is 2. The number of aromatic carboxylic acids is 1. The minimum Gasteiger partial charge on any atom is -0.492 e. The van der Waals surface area contributed by atoms with Crippen LogP contribution in [0.5, 0.6) is 5.75 Å². The summed E-state index contributed by atoms with van der Waals surface area (Å²) in [6, 6.07) is 3.99. The summed E-state index contributed by atoms with van der Waals surface area (Å²) >= 11 is 5.68. The van der Waals surface area contributed by atoms with E-state index in [4.69, 9.17) is 27.2 Å². The first kappa shape index (κ1) is 17.3. The van der Waals surface area contributed by atoms with E-state index >= 15 is 0 Å². The molecule has 1 aromatic rings. The Morgan fingerprint density at radius 1 is 1.29 bits per heavy atom. The van der Waals surface area contributed by atoms with Crippen LogP contribution in [0.25, 0.3) is 0 Å². The Bertz CT molecular complexity index is 643. The van der Waals surface area contributed by atoms with E-state index in [-0.39, 0.29) is 40.9 Å². The van der Waals surface area contributed by atoms with Gasteiger partial charge in [0, 0.05) is 11.4 Å². The van der Waals surface area contributed by atoms with Gasteiger partial charge in [0.2, 0.25) is 5.91 Å². The van der Waals surface area contributed by atoms with Crippen LogP contribution in [0.2, 0.25) is 5.02 Å². The molecule has 0 aromatic heterocycles. The molecule has 1 aromatic carbocycles. The Morgan fingerprint density at radius 2 is 1.95 bits per heavy atom. The molecule has 0 aliphatic carbocycles. The maximum atomic E-state index is 11.6. The van der Waals surface area contributed by atoms with Gasteiger partial charge in [0.15, 0.2) is 9.84 Å². The molecule has 0 spiro atoms. The molecule has 0 saturated heterocycles. The molecule has 116 valence electrons.